The van der Waals surface area contributed by atoms with Gasteiger partial charge in [0.1, 0.15) is 18.5 Å². The number of rotatable bonds is 14. The highest BCUT2D eigenvalue weighted by atomic mass is 32.2. The minimum absolute atomic E-state index is 0.0100. The Kier molecular flexibility index (Phi) is 11.4. The van der Waals surface area contributed by atoms with E-state index in [1.54, 1.807) is 34.6 Å². The molecule has 2 heterocycles. The van der Waals surface area contributed by atoms with Gasteiger partial charge in [-0.25, -0.2) is 21.6 Å². The third kappa shape index (κ3) is 8.98. The van der Waals surface area contributed by atoms with Gasteiger partial charge in [-0.3, -0.25) is 0 Å². The summed E-state index contributed by atoms with van der Waals surface area (Å²) in [5, 5.41) is 17.2. The van der Waals surface area contributed by atoms with Crippen molar-refractivity contribution in [1.29, 1.82) is 0 Å². The Morgan fingerprint density at radius 1 is 0.957 bits per heavy atom. The van der Waals surface area contributed by atoms with E-state index in [0.29, 0.717) is 44.3 Å². The summed E-state index contributed by atoms with van der Waals surface area (Å²) in [5.41, 5.74) is 2.60. The standard InChI is InChI=1S/C34H46N4O7S2/c1-25(2)36-21-26-10-12-27(13-11-26)28-6-4-9-33(18-28)47(42,43)38-16-14-34(15-17-38)20-29(23-45-34)37-22-30(39)24-44-31-7-5-8-32(19-31)46(40,41)35-3/h4-13,18-19,25,29-30,35-37,39H,14-17,20-24H2,1-3H3. The van der Waals surface area contributed by atoms with E-state index in [9.17, 15) is 21.9 Å². The number of aliphatic hydroxyl groups is 1. The molecule has 13 heteroatoms. The van der Waals surface area contributed by atoms with E-state index in [4.69, 9.17) is 9.47 Å². The molecule has 2 saturated heterocycles. The number of hydrogen-bond acceptors (Lipinski definition) is 9. The largest absolute Gasteiger partial charge is 0.491 e. The molecule has 2 fully saturated rings. The van der Waals surface area contributed by atoms with Gasteiger partial charge in [0.25, 0.3) is 0 Å². The summed E-state index contributed by atoms with van der Waals surface area (Å²) >= 11 is 0. The molecule has 0 aliphatic carbocycles. The maximum Gasteiger partial charge on any atom is 0.243 e. The van der Waals surface area contributed by atoms with E-state index in [-0.39, 0.29) is 29.0 Å². The average Bonchev–Trinajstić information content (AvgIpc) is 3.47. The fraction of sp³-hybridized carbons (Fsp3) is 0.471. The van der Waals surface area contributed by atoms with Crippen molar-refractivity contribution in [2.75, 3.05) is 39.9 Å². The number of benzene rings is 3. The molecule has 3 aromatic rings. The zero-order valence-corrected chi connectivity index (χ0v) is 28.8. The van der Waals surface area contributed by atoms with Crippen molar-refractivity contribution in [3.8, 4) is 16.9 Å². The van der Waals surface area contributed by atoms with Crippen LogP contribution in [0, 0.1) is 0 Å². The second kappa shape index (κ2) is 15.1. The number of sulfonamides is 2. The SMILES string of the molecule is CNS(=O)(=O)c1cccc(OCC(O)CNC2COC3(CCN(S(=O)(=O)c4cccc(-c5ccc(CNC(C)C)cc5)c4)CC3)C2)c1. The topological polar surface area (TPSA) is 146 Å². The van der Waals surface area contributed by atoms with Crippen LogP contribution in [-0.4, -0.2) is 89.9 Å². The minimum atomic E-state index is -3.67. The van der Waals surface area contributed by atoms with Gasteiger partial charge < -0.3 is 25.2 Å². The van der Waals surface area contributed by atoms with Crippen LogP contribution in [-0.2, 0) is 31.3 Å². The lowest BCUT2D eigenvalue weighted by Crippen LogP contribution is -2.47. The summed E-state index contributed by atoms with van der Waals surface area (Å²) in [7, 11) is -5.93. The number of aliphatic hydroxyl groups excluding tert-OH is 1. The Hall–Kier alpha value is -2.88. The van der Waals surface area contributed by atoms with Crippen LogP contribution in [0.1, 0.15) is 38.7 Å². The van der Waals surface area contributed by atoms with Gasteiger partial charge in [-0.05, 0) is 67.3 Å². The number of nitrogens with one attached hydrogen (secondary N) is 3. The number of hydrogen-bond donors (Lipinski definition) is 4. The smallest absolute Gasteiger partial charge is 0.243 e. The van der Waals surface area contributed by atoms with Crippen molar-refractivity contribution in [1.82, 2.24) is 19.7 Å². The summed E-state index contributed by atoms with van der Waals surface area (Å²) in [4.78, 5) is 0.372. The van der Waals surface area contributed by atoms with Gasteiger partial charge in [0, 0.05) is 44.3 Å². The monoisotopic (exact) mass is 686 g/mol. The molecule has 5 rings (SSSR count). The van der Waals surface area contributed by atoms with E-state index < -0.39 is 31.8 Å². The number of ether oxygens (including phenoxy) is 2. The van der Waals surface area contributed by atoms with Gasteiger partial charge in [-0.15, -0.1) is 0 Å². The lowest BCUT2D eigenvalue weighted by molar-refractivity contribution is -0.0312. The Balaban J connectivity index is 1.10. The molecule has 3 aromatic carbocycles. The molecule has 0 aromatic heterocycles. The first-order chi connectivity index (χ1) is 22.4. The molecule has 256 valence electrons. The fourth-order valence-electron chi connectivity index (χ4n) is 5.98. The summed E-state index contributed by atoms with van der Waals surface area (Å²) < 4.78 is 67.1. The first-order valence-corrected chi connectivity index (χ1v) is 19.0. The first kappa shape index (κ1) is 35.4. The van der Waals surface area contributed by atoms with Crippen LogP contribution in [0.15, 0.2) is 82.6 Å². The lowest BCUT2D eigenvalue weighted by atomic mass is 9.88. The molecule has 2 aliphatic rings. The number of piperidine rings is 1. The van der Waals surface area contributed by atoms with Gasteiger partial charge in [0.15, 0.2) is 0 Å². The van der Waals surface area contributed by atoms with Gasteiger partial charge in [-0.1, -0.05) is 56.3 Å². The Bertz CT molecular complexity index is 1710. The molecule has 4 N–H and O–H groups in total. The third-order valence-corrected chi connectivity index (χ3v) is 12.1. The molecular weight excluding hydrogens is 641 g/mol. The van der Waals surface area contributed by atoms with Crippen LogP contribution >= 0.6 is 0 Å². The predicted octanol–water partition coefficient (Wildman–Crippen LogP) is 3.10. The molecule has 11 nitrogen and oxygen atoms in total. The van der Waals surface area contributed by atoms with Gasteiger partial charge in [0.2, 0.25) is 20.0 Å². The molecule has 1 spiro atoms. The van der Waals surface area contributed by atoms with E-state index in [0.717, 1.165) is 24.1 Å². The van der Waals surface area contributed by atoms with E-state index in [1.165, 1.54) is 24.7 Å². The summed E-state index contributed by atoms with van der Waals surface area (Å²) in [6, 6.07) is 21.8. The predicted molar refractivity (Wildman–Crippen MR) is 181 cm³/mol. The molecule has 0 amide bonds. The lowest BCUT2D eigenvalue weighted by Gasteiger charge is -2.38. The van der Waals surface area contributed by atoms with Gasteiger partial charge >= 0.3 is 0 Å². The van der Waals surface area contributed by atoms with E-state index in [1.807, 2.05) is 18.2 Å². The summed E-state index contributed by atoms with van der Waals surface area (Å²) in [6.45, 7) is 6.47. The zero-order valence-electron chi connectivity index (χ0n) is 27.2. The number of nitrogens with zero attached hydrogens (tertiary/aromatic N) is 1. The van der Waals surface area contributed by atoms with Crippen molar-refractivity contribution < 1.29 is 31.4 Å². The highest BCUT2D eigenvalue weighted by Gasteiger charge is 2.44. The summed E-state index contributed by atoms with van der Waals surface area (Å²) in [5.74, 6) is 0.348. The maximum absolute atomic E-state index is 13.7. The van der Waals surface area contributed by atoms with Crippen LogP contribution in [0.4, 0.5) is 0 Å². The quantitative estimate of drug-likeness (QED) is 0.201. The van der Waals surface area contributed by atoms with Crippen LogP contribution in [0.25, 0.3) is 11.1 Å². The highest BCUT2D eigenvalue weighted by Crippen LogP contribution is 2.37. The molecule has 2 atom stereocenters. The molecular formula is C34H46N4O7S2. The Morgan fingerprint density at radius 3 is 2.36 bits per heavy atom. The van der Waals surface area contributed by atoms with Crippen molar-refractivity contribution >= 4 is 20.0 Å². The molecule has 2 unspecified atom stereocenters. The van der Waals surface area contributed by atoms with Crippen molar-refractivity contribution in [2.24, 2.45) is 0 Å². The zero-order chi connectivity index (χ0) is 33.7. The Labute approximate surface area is 278 Å². The molecule has 0 bridgehead atoms. The van der Waals surface area contributed by atoms with Gasteiger partial charge in [-0.2, -0.15) is 4.31 Å². The van der Waals surface area contributed by atoms with E-state index in [2.05, 4.69) is 41.3 Å². The summed E-state index contributed by atoms with van der Waals surface area (Å²) in [6.07, 6.45) is 1.08. The van der Waals surface area contributed by atoms with E-state index >= 15 is 0 Å². The normalized spacial score (nSPS) is 19.3. The van der Waals surface area contributed by atoms with Crippen LogP contribution in [0.5, 0.6) is 5.75 Å². The minimum Gasteiger partial charge on any atom is -0.491 e. The first-order valence-electron chi connectivity index (χ1n) is 16.0. The highest BCUT2D eigenvalue weighted by molar-refractivity contribution is 7.89. The van der Waals surface area contributed by atoms with Crippen molar-refractivity contribution in [3.05, 3.63) is 78.4 Å². The average molecular weight is 687 g/mol. The van der Waals surface area contributed by atoms with Crippen LogP contribution in [0.3, 0.4) is 0 Å². The maximum atomic E-state index is 13.7. The second-order valence-electron chi connectivity index (χ2n) is 12.6. The van der Waals surface area contributed by atoms with Crippen molar-refractivity contribution in [2.45, 2.75) is 73.2 Å². The molecule has 2 aliphatic heterocycles. The molecule has 0 saturated carbocycles. The second-order valence-corrected chi connectivity index (χ2v) is 16.4. The third-order valence-electron chi connectivity index (χ3n) is 8.79. The van der Waals surface area contributed by atoms with Crippen LogP contribution < -0.4 is 20.1 Å². The Morgan fingerprint density at radius 2 is 1.66 bits per heavy atom. The van der Waals surface area contributed by atoms with Crippen LogP contribution in [0.2, 0.25) is 0 Å². The molecule has 47 heavy (non-hydrogen) atoms. The molecule has 0 radical (unpaired) electrons. The van der Waals surface area contributed by atoms with Crippen molar-refractivity contribution in [3.63, 3.8) is 0 Å². The van der Waals surface area contributed by atoms with Gasteiger partial charge in [0.05, 0.1) is 22.0 Å². The fourth-order valence-corrected chi connectivity index (χ4v) is 8.24.